The molecule has 23 heavy (non-hydrogen) atoms. The van der Waals surface area contributed by atoms with E-state index in [1.807, 2.05) is 24.4 Å². The SMILES string of the molecule is Clc1ccc2[nH]c3c(c2c1)CN(c1ncnc2[nH]ccc12)CC3. The number of aromatic amines is 2. The molecule has 0 bridgehead atoms. The maximum Gasteiger partial charge on any atom is 0.142 e. The number of nitrogens with zero attached hydrogens (tertiary/aromatic N) is 3. The van der Waals surface area contributed by atoms with Gasteiger partial charge in [-0.15, -0.1) is 0 Å². The van der Waals surface area contributed by atoms with Crippen molar-refractivity contribution in [1.29, 1.82) is 0 Å². The lowest BCUT2D eigenvalue weighted by Gasteiger charge is -2.28. The Hall–Kier alpha value is -2.53. The molecular weight excluding hydrogens is 310 g/mol. The van der Waals surface area contributed by atoms with Crippen LogP contribution in [0.3, 0.4) is 0 Å². The maximum atomic E-state index is 6.18. The average Bonchev–Trinajstić information content (AvgIpc) is 3.18. The lowest BCUT2D eigenvalue weighted by atomic mass is 10.0. The predicted molar refractivity (Wildman–Crippen MR) is 92.0 cm³/mol. The monoisotopic (exact) mass is 323 g/mol. The Labute approximate surface area is 137 Å². The molecule has 5 rings (SSSR count). The lowest BCUT2D eigenvalue weighted by molar-refractivity contribution is 0.718. The quantitative estimate of drug-likeness (QED) is 0.562. The summed E-state index contributed by atoms with van der Waals surface area (Å²) in [6, 6.07) is 8.06. The van der Waals surface area contributed by atoms with Crippen molar-refractivity contribution in [2.45, 2.75) is 13.0 Å². The van der Waals surface area contributed by atoms with Crippen LogP contribution in [0.5, 0.6) is 0 Å². The molecule has 0 saturated carbocycles. The smallest absolute Gasteiger partial charge is 0.142 e. The predicted octanol–water partition coefficient (Wildman–Crippen LogP) is 3.66. The Kier molecular flexibility index (Phi) is 2.67. The zero-order chi connectivity index (χ0) is 15.4. The molecule has 5 nitrogen and oxygen atoms in total. The minimum atomic E-state index is 0.770. The number of rotatable bonds is 1. The first kappa shape index (κ1) is 13.0. The summed E-state index contributed by atoms with van der Waals surface area (Å²) in [5.74, 6) is 0.985. The number of fused-ring (bicyclic) bond motifs is 4. The second-order valence-corrected chi connectivity index (χ2v) is 6.32. The highest BCUT2D eigenvalue weighted by atomic mass is 35.5. The first-order valence-electron chi connectivity index (χ1n) is 7.61. The molecule has 0 radical (unpaired) electrons. The van der Waals surface area contributed by atoms with Crippen molar-refractivity contribution in [2.24, 2.45) is 0 Å². The van der Waals surface area contributed by atoms with Gasteiger partial charge in [0.2, 0.25) is 0 Å². The third-order valence-corrected chi connectivity index (χ3v) is 4.80. The summed E-state index contributed by atoms with van der Waals surface area (Å²) in [4.78, 5) is 17.8. The van der Waals surface area contributed by atoms with E-state index in [-0.39, 0.29) is 0 Å². The van der Waals surface area contributed by atoms with E-state index in [4.69, 9.17) is 11.6 Å². The average molecular weight is 324 g/mol. The Balaban J connectivity index is 1.63. The van der Waals surface area contributed by atoms with Crippen LogP contribution in [0.2, 0.25) is 5.02 Å². The molecule has 0 aliphatic carbocycles. The number of halogens is 1. The van der Waals surface area contributed by atoms with Crippen molar-refractivity contribution in [3.05, 3.63) is 53.1 Å². The van der Waals surface area contributed by atoms with Crippen LogP contribution in [0, 0.1) is 0 Å². The summed E-state index contributed by atoms with van der Waals surface area (Å²) in [5.41, 5.74) is 4.65. The minimum Gasteiger partial charge on any atom is -0.358 e. The van der Waals surface area contributed by atoms with Crippen molar-refractivity contribution < 1.29 is 0 Å². The van der Waals surface area contributed by atoms with Crippen LogP contribution < -0.4 is 4.90 Å². The second kappa shape index (κ2) is 4.73. The van der Waals surface area contributed by atoms with Gasteiger partial charge in [0.1, 0.15) is 17.8 Å². The molecule has 6 heteroatoms. The summed E-state index contributed by atoms with van der Waals surface area (Å²) in [6.07, 6.45) is 4.50. The van der Waals surface area contributed by atoms with Gasteiger partial charge in [-0.05, 0) is 24.3 Å². The van der Waals surface area contributed by atoms with Crippen LogP contribution in [0.4, 0.5) is 5.82 Å². The van der Waals surface area contributed by atoms with E-state index in [1.165, 1.54) is 16.6 Å². The van der Waals surface area contributed by atoms with Crippen LogP contribution in [0.25, 0.3) is 21.9 Å². The number of H-pyrrole nitrogens is 2. The number of aromatic nitrogens is 4. The molecule has 1 aliphatic heterocycles. The van der Waals surface area contributed by atoms with Crippen LogP contribution in [0.1, 0.15) is 11.3 Å². The fourth-order valence-electron chi connectivity index (χ4n) is 3.48. The number of hydrogen-bond acceptors (Lipinski definition) is 3. The highest BCUT2D eigenvalue weighted by Crippen LogP contribution is 2.32. The lowest BCUT2D eigenvalue weighted by Crippen LogP contribution is -2.30. The van der Waals surface area contributed by atoms with E-state index in [2.05, 4.69) is 30.9 Å². The van der Waals surface area contributed by atoms with Crippen LogP contribution in [-0.2, 0) is 13.0 Å². The van der Waals surface area contributed by atoms with Crippen molar-refractivity contribution >= 4 is 39.4 Å². The number of hydrogen-bond donors (Lipinski definition) is 2. The van der Waals surface area contributed by atoms with E-state index < -0.39 is 0 Å². The summed E-state index contributed by atoms with van der Waals surface area (Å²) < 4.78 is 0. The minimum absolute atomic E-state index is 0.770. The molecule has 0 amide bonds. The zero-order valence-electron chi connectivity index (χ0n) is 12.3. The molecule has 0 unspecified atom stereocenters. The van der Waals surface area contributed by atoms with Crippen molar-refractivity contribution in [2.75, 3.05) is 11.4 Å². The Morgan fingerprint density at radius 1 is 1.13 bits per heavy atom. The summed E-state index contributed by atoms with van der Waals surface area (Å²) in [5, 5.41) is 3.04. The van der Waals surface area contributed by atoms with Gasteiger partial charge in [0.05, 0.1) is 5.39 Å². The third-order valence-electron chi connectivity index (χ3n) is 4.57. The standard InChI is InChI=1S/C17H14ClN5/c18-10-1-2-14-12(7-10)13-8-23(6-4-15(13)22-14)17-11-3-5-19-16(11)20-9-21-17/h1-3,5,7,9,22H,4,6,8H2,(H,19,20,21). The fraction of sp³-hybridized carbons (Fsp3) is 0.176. The van der Waals surface area contributed by atoms with Gasteiger partial charge in [-0.3, -0.25) is 0 Å². The number of nitrogens with one attached hydrogen (secondary N) is 2. The van der Waals surface area contributed by atoms with Gasteiger partial charge in [0.15, 0.2) is 0 Å². The van der Waals surface area contributed by atoms with Crippen LogP contribution >= 0.6 is 11.6 Å². The largest absolute Gasteiger partial charge is 0.358 e. The van der Waals surface area contributed by atoms with E-state index in [0.717, 1.165) is 46.9 Å². The molecule has 1 aliphatic rings. The highest BCUT2D eigenvalue weighted by Gasteiger charge is 2.23. The molecule has 0 fully saturated rings. The van der Waals surface area contributed by atoms with Gasteiger partial charge in [-0.1, -0.05) is 11.6 Å². The van der Waals surface area contributed by atoms with Crippen LogP contribution in [0.15, 0.2) is 36.8 Å². The molecule has 0 saturated heterocycles. The first-order valence-corrected chi connectivity index (χ1v) is 7.99. The topological polar surface area (TPSA) is 60.6 Å². The fourth-order valence-corrected chi connectivity index (χ4v) is 3.65. The van der Waals surface area contributed by atoms with Gasteiger partial charge in [0.25, 0.3) is 0 Å². The zero-order valence-corrected chi connectivity index (χ0v) is 13.1. The van der Waals surface area contributed by atoms with E-state index in [9.17, 15) is 0 Å². The molecule has 0 spiro atoms. The van der Waals surface area contributed by atoms with Gasteiger partial charge < -0.3 is 14.9 Å². The molecule has 2 N–H and O–H groups in total. The molecule has 4 aromatic rings. The molecule has 4 heterocycles. The molecular formula is C17H14ClN5. The third kappa shape index (κ3) is 1.93. The Morgan fingerprint density at radius 2 is 2.09 bits per heavy atom. The maximum absolute atomic E-state index is 6.18. The number of benzene rings is 1. The summed E-state index contributed by atoms with van der Waals surface area (Å²) in [6.45, 7) is 1.76. The van der Waals surface area contributed by atoms with Gasteiger partial charge in [-0.2, -0.15) is 0 Å². The van der Waals surface area contributed by atoms with E-state index in [0.29, 0.717) is 0 Å². The van der Waals surface area contributed by atoms with Gasteiger partial charge in [0, 0.05) is 52.9 Å². The summed E-state index contributed by atoms with van der Waals surface area (Å²) in [7, 11) is 0. The normalized spacial score (nSPS) is 14.6. The molecule has 114 valence electrons. The Bertz CT molecular complexity index is 1030. The Morgan fingerprint density at radius 3 is 3.04 bits per heavy atom. The van der Waals surface area contributed by atoms with Gasteiger partial charge >= 0.3 is 0 Å². The number of anilines is 1. The molecule has 0 atom stereocenters. The second-order valence-electron chi connectivity index (χ2n) is 5.88. The van der Waals surface area contributed by atoms with E-state index >= 15 is 0 Å². The molecule has 3 aromatic heterocycles. The summed E-state index contributed by atoms with van der Waals surface area (Å²) >= 11 is 6.18. The van der Waals surface area contributed by atoms with Gasteiger partial charge in [-0.25, -0.2) is 9.97 Å². The van der Waals surface area contributed by atoms with Crippen molar-refractivity contribution in [3.63, 3.8) is 0 Å². The first-order chi connectivity index (χ1) is 11.3. The molecule has 1 aromatic carbocycles. The van der Waals surface area contributed by atoms with Crippen molar-refractivity contribution in [1.82, 2.24) is 19.9 Å². The van der Waals surface area contributed by atoms with E-state index in [1.54, 1.807) is 6.33 Å². The highest BCUT2D eigenvalue weighted by molar-refractivity contribution is 6.31. The van der Waals surface area contributed by atoms with Crippen molar-refractivity contribution in [3.8, 4) is 0 Å². The van der Waals surface area contributed by atoms with Crippen LogP contribution in [-0.4, -0.2) is 26.5 Å².